The maximum atomic E-state index is 11.0. The van der Waals surface area contributed by atoms with E-state index in [0.29, 0.717) is 12.3 Å². The summed E-state index contributed by atoms with van der Waals surface area (Å²) in [4.78, 5) is 11.0. The van der Waals surface area contributed by atoms with Gasteiger partial charge in [-0.3, -0.25) is 4.79 Å². The Morgan fingerprint density at radius 2 is 2.20 bits per heavy atom. The topological polar surface area (TPSA) is 29.1 Å². The zero-order valence-electron chi connectivity index (χ0n) is 8.50. The molecule has 1 amide bonds. The van der Waals surface area contributed by atoms with Gasteiger partial charge in [0, 0.05) is 18.0 Å². The lowest BCUT2D eigenvalue weighted by Gasteiger charge is -2.22. The van der Waals surface area contributed by atoms with E-state index in [1.54, 1.807) is 0 Å². The molecule has 0 radical (unpaired) electrons. The van der Waals surface area contributed by atoms with Gasteiger partial charge < -0.3 is 5.32 Å². The summed E-state index contributed by atoms with van der Waals surface area (Å²) in [5.74, 6) is 0.702. The number of carbonyl (C=O) groups excluding carboxylic acids is 1. The first-order chi connectivity index (χ1) is 7.25. The van der Waals surface area contributed by atoms with E-state index in [2.05, 4.69) is 11.4 Å². The van der Waals surface area contributed by atoms with E-state index in [1.807, 2.05) is 18.2 Å². The number of amides is 1. The second-order valence-corrected chi connectivity index (χ2v) is 4.41. The standard InChI is InChI=1S/C12H14ClNO/c13-11-4-2-1-3-10(11)7-9-5-6-12(15)14-8-9/h1-4,9H,5-8H2,(H,14,15). The van der Waals surface area contributed by atoms with Crippen LogP contribution in [0.15, 0.2) is 24.3 Å². The molecule has 0 spiro atoms. The third-order valence-electron chi connectivity index (χ3n) is 2.83. The van der Waals surface area contributed by atoms with E-state index in [9.17, 15) is 4.79 Å². The summed E-state index contributed by atoms with van der Waals surface area (Å²) in [5, 5.41) is 3.72. The number of carbonyl (C=O) groups is 1. The highest BCUT2D eigenvalue weighted by molar-refractivity contribution is 6.31. The summed E-state index contributed by atoms with van der Waals surface area (Å²) in [6.07, 6.45) is 2.58. The summed E-state index contributed by atoms with van der Waals surface area (Å²) < 4.78 is 0. The number of piperidine rings is 1. The highest BCUT2D eigenvalue weighted by atomic mass is 35.5. The Hall–Kier alpha value is -1.02. The Morgan fingerprint density at radius 3 is 2.87 bits per heavy atom. The van der Waals surface area contributed by atoms with Gasteiger partial charge in [-0.05, 0) is 30.4 Å². The highest BCUT2D eigenvalue weighted by Gasteiger charge is 2.18. The van der Waals surface area contributed by atoms with E-state index in [1.165, 1.54) is 5.56 Å². The predicted molar refractivity (Wildman–Crippen MR) is 60.9 cm³/mol. The summed E-state index contributed by atoms with van der Waals surface area (Å²) in [6.45, 7) is 0.782. The Balaban J connectivity index is 1.97. The first kappa shape index (κ1) is 10.5. The maximum Gasteiger partial charge on any atom is 0.220 e. The van der Waals surface area contributed by atoms with E-state index in [-0.39, 0.29) is 5.91 Å². The second-order valence-electron chi connectivity index (χ2n) is 4.00. The minimum atomic E-state index is 0.172. The van der Waals surface area contributed by atoms with Crippen molar-refractivity contribution in [3.63, 3.8) is 0 Å². The van der Waals surface area contributed by atoms with Crippen molar-refractivity contribution < 1.29 is 4.79 Å². The first-order valence-corrected chi connectivity index (χ1v) is 5.63. The SMILES string of the molecule is O=C1CCC(Cc2ccccc2Cl)CN1. The van der Waals surface area contributed by atoms with Gasteiger partial charge in [-0.25, -0.2) is 0 Å². The molecule has 1 aromatic rings. The van der Waals surface area contributed by atoms with E-state index < -0.39 is 0 Å². The minimum Gasteiger partial charge on any atom is -0.356 e. The third kappa shape index (κ3) is 2.72. The molecule has 3 heteroatoms. The van der Waals surface area contributed by atoms with Crippen molar-refractivity contribution in [1.29, 1.82) is 0 Å². The molecule has 1 aliphatic heterocycles. The molecule has 1 unspecified atom stereocenters. The quantitative estimate of drug-likeness (QED) is 0.820. The van der Waals surface area contributed by atoms with Crippen LogP contribution in [0.3, 0.4) is 0 Å². The van der Waals surface area contributed by atoms with Gasteiger partial charge in [-0.15, -0.1) is 0 Å². The maximum absolute atomic E-state index is 11.0. The fraction of sp³-hybridized carbons (Fsp3) is 0.417. The van der Waals surface area contributed by atoms with Crippen LogP contribution in [0.25, 0.3) is 0 Å². The van der Waals surface area contributed by atoms with E-state index in [4.69, 9.17) is 11.6 Å². The van der Waals surface area contributed by atoms with Gasteiger partial charge in [-0.2, -0.15) is 0 Å². The number of rotatable bonds is 2. The minimum absolute atomic E-state index is 0.172. The fourth-order valence-corrected chi connectivity index (χ4v) is 2.15. The van der Waals surface area contributed by atoms with Crippen LogP contribution in [0.2, 0.25) is 5.02 Å². The molecule has 0 aromatic heterocycles. The van der Waals surface area contributed by atoms with Crippen molar-refractivity contribution in [3.05, 3.63) is 34.9 Å². The molecule has 0 bridgehead atoms. The molecule has 2 nitrogen and oxygen atoms in total. The molecule has 0 aliphatic carbocycles. The molecule has 1 aliphatic rings. The van der Waals surface area contributed by atoms with Crippen molar-refractivity contribution in [2.24, 2.45) is 5.92 Å². The molecule has 1 aromatic carbocycles. The molecular formula is C12H14ClNO. The van der Waals surface area contributed by atoms with Crippen LogP contribution in [0.4, 0.5) is 0 Å². The number of benzene rings is 1. The summed E-state index contributed by atoms with van der Waals surface area (Å²) in [5.41, 5.74) is 1.18. The Morgan fingerprint density at radius 1 is 1.40 bits per heavy atom. The fourth-order valence-electron chi connectivity index (χ4n) is 1.93. The smallest absolute Gasteiger partial charge is 0.220 e. The lowest BCUT2D eigenvalue weighted by Crippen LogP contribution is -2.35. The van der Waals surface area contributed by atoms with Crippen LogP contribution in [-0.4, -0.2) is 12.5 Å². The van der Waals surface area contributed by atoms with E-state index >= 15 is 0 Å². The first-order valence-electron chi connectivity index (χ1n) is 5.26. The van der Waals surface area contributed by atoms with Crippen LogP contribution in [0, 0.1) is 5.92 Å². The molecule has 1 heterocycles. The molecule has 2 rings (SSSR count). The van der Waals surface area contributed by atoms with Crippen LogP contribution in [-0.2, 0) is 11.2 Å². The van der Waals surface area contributed by atoms with Crippen molar-refractivity contribution >= 4 is 17.5 Å². The summed E-state index contributed by atoms with van der Waals surface area (Å²) in [6, 6.07) is 7.91. The Kier molecular flexibility index (Phi) is 3.27. The van der Waals surface area contributed by atoms with Gasteiger partial charge in [-0.1, -0.05) is 29.8 Å². The van der Waals surface area contributed by atoms with Gasteiger partial charge in [0.05, 0.1) is 0 Å². The van der Waals surface area contributed by atoms with Gasteiger partial charge >= 0.3 is 0 Å². The molecule has 80 valence electrons. The predicted octanol–water partition coefficient (Wildman–Crippen LogP) is 2.41. The van der Waals surface area contributed by atoms with Crippen LogP contribution in [0.1, 0.15) is 18.4 Å². The monoisotopic (exact) mass is 223 g/mol. The largest absolute Gasteiger partial charge is 0.356 e. The highest BCUT2D eigenvalue weighted by Crippen LogP contribution is 2.22. The van der Waals surface area contributed by atoms with Gasteiger partial charge in [0.2, 0.25) is 5.91 Å². The number of nitrogens with one attached hydrogen (secondary N) is 1. The van der Waals surface area contributed by atoms with E-state index in [0.717, 1.165) is 24.4 Å². The number of hydrogen-bond acceptors (Lipinski definition) is 1. The van der Waals surface area contributed by atoms with Crippen LogP contribution >= 0.6 is 11.6 Å². The molecule has 1 atom stereocenters. The van der Waals surface area contributed by atoms with Gasteiger partial charge in [0.1, 0.15) is 0 Å². The Bertz CT molecular complexity index is 354. The molecule has 15 heavy (non-hydrogen) atoms. The van der Waals surface area contributed by atoms with Crippen molar-refractivity contribution in [1.82, 2.24) is 5.32 Å². The lowest BCUT2D eigenvalue weighted by molar-refractivity contribution is -0.122. The third-order valence-corrected chi connectivity index (χ3v) is 3.20. The number of hydrogen-bond donors (Lipinski definition) is 1. The normalized spacial score (nSPS) is 21.1. The molecule has 1 fully saturated rings. The van der Waals surface area contributed by atoms with Crippen molar-refractivity contribution in [2.45, 2.75) is 19.3 Å². The number of halogens is 1. The average molecular weight is 224 g/mol. The molecule has 1 N–H and O–H groups in total. The Labute approximate surface area is 94.6 Å². The molecule has 0 saturated carbocycles. The summed E-state index contributed by atoms with van der Waals surface area (Å²) in [7, 11) is 0. The van der Waals surface area contributed by atoms with Crippen molar-refractivity contribution in [3.8, 4) is 0 Å². The molecule has 1 saturated heterocycles. The zero-order chi connectivity index (χ0) is 10.7. The van der Waals surface area contributed by atoms with Crippen molar-refractivity contribution in [2.75, 3.05) is 6.54 Å². The summed E-state index contributed by atoms with van der Waals surface area (Å²) >= 11 is 6.08. The lowest BCUT2D eigenvalue weighted by atomic mass is 9.92. The van der Waals surface area contributed by atoms with Gasteiger partial charge in [0.25, 0.3) is 0 Å². The second kappa shape index (κ2) is 4.67. The van der Waals surface area contributed by atoms with Crippen LogP contribution < -0.4 is 5.32 Å². The van der Waals surface area contributed by atoms with Crippen LogP contribution in [0.5, 0.6) is 0 Å². The zero-order valence-corrected chi connectivity index (χ0v) is 9.26. The van der Waals surface area contributed by atoms with Gasteiger partial charge in [0.15, 0.2) is 0 Å². The average Bonchev–Trinajstić information content (AvgIpc) is 2.25. The molecular weight excluding hydrogens is 210 g/mol.